The molecule has 0 saturated heterocycles. The Morgan fingerprint density at radius 1 is 0.955 bits per heavy atom. The van der Waals surface area contributed by atoms with Gasteiger partial charge >= 0.3 is 0 Å². The third-order valence-corrected chi connectivity index (χ3v) is 6.36. The second-order valence-electron chi connectivity index (χ2n) is 7.64. The van der Waals surface area contributed by atoms with Gasteiger partial charge in [0.15, 0.2) is 0 Å². The lowest BCUT2D eigenvalue weighted by Gasteiger charge is -2.55. The molecule has 5 heteroatoms. The van der Waals surface area contributed by atoms with Crippen LogP contribution in [0.5, 0.6) is 0 Å². The maximum Gasteiger partial charge on any atom is 0.238 e. The van der Waals surface area contributed by atoms with Gasteiger partial charge in [-0.2, -0.15) is 0 Å². The molecule has 1 aromatic rings. The standard InChI is InChI=1S/C10H17N.C7H9NO2S/c11-10-4-7-1-8(5-10)3-9(2-7)6-10;1-6-2-4-7(5-3-6)11(8,9)10/h7-9H,1-6,11H2;2-5H,1H3,(H2,8,9,10). The van der Waals surface area contributed by atoms with Crippen molar-refractivity contribution in [3.05, 3.63) is 29.8 Å². The minimum Gasteiger partial charge on any atom is -0.325 e. The van der Waals surface area contributed by atoms with Crippen molar-refractivity contribution < 1.29 is 8.42 Å². The van der Waals surface area contributed by atoms with Gasteiger partial charge in [0.05, 0.1) is 4.90 Å². The van der Waals surface area contributed by atoms with Crippen LogP contribution in [-0.4, -0.2) is 14.0 Å². The fraction of sp³-hybridized carbons (Fsp3) is 0.647. The van der Waals surface area contributed by atoms with Crippen molar-refractivity contribution in [2.45, 2.75) is 55.9 Å². The van der Waals surface area contributed by atoms with Crippen molar-refractivity contribution in [3.8, 4) is 0 Å². The van der Waals surface area contributed by atoms with Gasteiger partial charge in [-0.05, 0) is 75.3 Å². The number of hydrogen-bond acceptors (Lipinski definition) is 3. The van der Waals surface area contributed by atoms with Crippen LogP contribution in [0.3, 0.4) is 0 Å². The van der Waals surface area contributed by atoms with Crippen LogP contribution in [0.25, 0.3) is 0 Å². The monoisotopic (exact) mass is 322 g/mol. The summed E-state index contributed by atoms with van der Waals surface area (Å²) in [6, 6.07) is 6.40. The molecular weight excluding hydrogens is 296 g/mol. The molecule has 5 rings (SSSR count). The molecule has 0 radical (unpaired) electrons. The third kappa shape index (κ3) is 3.53. The second-order valence-corrected chi connectivity index (χ2v) is 9.20. The zero-order valence-electron chi connectivity index (χ0n) is 13.2. The van der Waals surface area contributed by atoms with E-state index in [0.717, 1.165) is 23.3 Å². The summed E-state index contributed by atoms with van der Waals surface area (Å²) in [6.07, 6.45) is 8.57. The summed E-state index contributed by atoms with van der Waals surface area (Å²) in [5.74, 6) is 3.06. The van der Waals surface area contributed by atoms with E-state index < -0.39 is 10.0 Å². The highest BCUT2D eigenvalue weighted by molar-refractivity contribution is 7.89. The number of nitrogens with two attached hydrogens (primary N) is 2. The van der Waals surface area contributed by atoms with Crippen molar-refractivity contribution in [3.63, 3.8) is 0 Å². The average Bonchev–Trinajstić information content (AvgIpc) is 2.35. The van der Waals surface area contributed by atoms with E-state index in [1.54, 1.807) is 12.1 Å². The largest absolute Gasteiger partial charge is 0.325 e. The number of sulfonamides is 1. The number of benzene rings is 1. The van der Waals surface area contributed by atoms with Crippen LogP contribution in [0.15, 0.2) is 29.2 Å². The molecule has 0 aliphatic heterocycles. The molecule has 0 heterocycles. The van der Waals surface area contributed by atoms with Gasteiger partial charge in [0.2, 0.25) is 10.0 Å². The van der Waals surface area contributed by atoms with Gasteiger partial charge in [-0.3, -0.25) is 0 Å². The molecule has 122 valence electrons. The summed E-state index contributed by atoms with van der Waals surface area (Å²) in [5, 5.41) is 4.88. The van der Waals surface area contributed by atoms with Gasteiger partial charge in [0.25, 0.3) is 0 Å². The molecule has 4 aliphatic rings. The first-order valence-corrected chi connectivity index (χ1v) is 9.66. The topological polar surface area (TPSA) is 86.2 Å². The lowest BCUT2D eigenvalue weighted by atomic mass is 9.53. The molecule has 0 spiro atoms. The van der Waals surface area contributed by atoms with Gasteiger partial charge < -0.3 is 5.73 Å². The summed E-state index contributed by atoms with van der Waals surface area (Å²) in [7, 11) is -3.52. The minimum absolute atomic E-state index is 0.156. The van der Waals surface area contributed by atoms with Gasteiger partial charge in [0, 0.05) is 5.54 Å². The van der Waals surface area contributed by atoms with Crippen molar-refractivity contribution in [2.24, 2.45) is 28.6 Å². The average molecular weight is 322 g/mol. The number of hydrogen-bond donors (Lipinski definition) is 2. The first kappa shape index (κ1) is 16.0. The van der Waals surface area contributed by atoms with Gasteiger partial charge in [-0.1, -0.05) is 17.7 Å². The molecule has 1 aromatic carbocycles. The smallest absolute Gasteiger partial charge is 0.238 e. The summed E-state index contributed by atoms with van der Waals surface area (Å²) >= 11 is 0. The molecule has 4 aliphatic carbocycles. The van der Waals surface area contributed by atoms with Crippen LogP contribution in [0.1, 0.15) is 44.1 Å². The molecule has 4 N–H and O–H groups in total. The van der Waals surface area contributed by atoms with Crippen LogP contribution < -0.4 is 10.9 Å². The van der Waals surface area contributed by atoms with Crippen LogP contribution in [0.4, 0.5) is 0 Å². The molecule has 0 atom stereocenters. The fourth-order valence-electron chi connectivity index (χ4n) is 4.91. The predicted octanol–water partition coefficient (Wildman–Crippen LogP) is 2.56. The maximum atomic E-state index is 10.7. The van der Waals surface area contributed by atoms with Gasteiger partial charge in [-0.25, -0.2) is 13.6 Å². The van der Waals surface area contributed by atoms with E-state index in [1.807, 2.05) is 6.92 Å². The highest BCUT2D eigenvalue weighted by atomic mass is 32.2. The third-order valence-electron chi connectivity index (χ3n) is 5.44. The molecule has 4 nitrogen and oxygen atoms in total. The lowest BCUT2D eigenvalue weighted by Crippen LogP contribution is -2.55. The van der Waals surface area contributed by atoms with Crippen LogP contribution in [0.2, 0.25) is 0 Å². The van der Waals surface area contributed by atoms with Gasteiger partial charge in [0.1, 0.15) is 0 Å². The summed E-state index contributed by atoms with van der Waals surface area (Å²) in [6.45, 7) is 1.88. The highest BCUT2D eigenvalue weighted by Gasteiger charge is 2.48. The molecule has 4 bridgehead atoms. The SMILES string of the molecule is Cc1ccc(S(N)(=O)=O)cc1.NC12CC3CC(CC(C3)C1)C2. The Morgan fingerprint density at radius 3 is 1.68 bits per heavy atom. The summed E-state index contributed by atoms with van der Waals surface area (Å²) in [5.41, 5.74) is 7.63. The number of aryl methyl sites for hydroxylation is 1. The van der Waals surface area contributed by atoms with E-state index in [9.17, 15) is 8.42 Å². The van der Waals surface area contributed by atoms with E-state index in [1.165, 1.54) is 50.7 Å². The Bertz CT molecular complexity index is 602. The Kier molecular flexibility index (Phi) is 4.08. The summed E-state index contributed by atoms with van der Waals surface area (Å²) < 4.78 is 21.4. The Balaban J connectivity index is 0.000000131. The molecule has 0 amide bonds. The van der Waals surface area contributed by atoms with Gasteiger partial charge in [-0.15, -0.1) is 0 Å². The van der Waals surface area contributed by atoms with E-state index in [-0.39, 0.29) is 4.90 Å². The maximum absolute atomic E-state index is 10.7. The minimum atomic E-state index is -3.52. The summed E-state index contributed by atoms with van der Waals surface area (Å²) in [4.78, 5) is 0.156. The number of primary sulfonamides is 1. The Hall–Kier alpha value is -0.910. The second kappa shape index (κ2) is 5.62. The highest BCUT2D eigenvalue weighted by Crippen LogP contribution is 2.54. The van der Waals surface area contributed by atoms with E-state index in [4.69, 9.17) is 10.9 Å². The quantitative estimate of drug-likeness (QED) is 0.833. The molecule has 0 unspecified atom stereocenters. The zero-order valence-corrected chi connectivity index (χ0v) is 14.0. The van der Waals surface area contributed by atoms with E-state index in [0.29, 0.717) is 5.54 Å². The van der Waals surface area contributed by atoms with Crippen molar-refractivity contribution in [2.75, 3.05) is 0 Å². The van der Waals surface area contributed by atoms with E-state index in [2.05, 4.69) is 0 Å². The normalized spacial score (nSPS) is 35.9. The van der Waals surface area contributed by atoms with E-state index >= 15 is 0 Å². The van der Waals surface area contributed by atoms with Crippen LogP contribution in [0, 0.1) is 24.7 Å². The fourth-order valence-corrected chi connectivity index (χ4v) is 5.42. The molecule has 0 aromatic heterocycles. The first-order valence-electron chi connectivity index (χ1n) is 8.12. The number of rotatable bonds is 1. The Labute approximate surface area is 133 Å². The molecule has 4 saturated carbocycles. The first-order chi connectivity index (χ1) is 10.2. The Morgan fingerprint density at radius 2 is 1.36 bits per heavy atom. The predicted molar refractivity (Wildman–Crippen MR) is 87.6 cm³/mol. The van der Waals surface area contributed by atoms with Crippen molar-refractivity contribution in [1.29, 1.82) is 0 Å². The molecule has 22 heavy (non-hydrogen) atoms. The van der Waals surface area contributed by atoms with Crippen LogP contribution >= 0.6 is 0 Å². The van der Waals surface area contributed by atoms with Crippen molar-refractivity contribution in [1.82, 2.24) is 0 Å². The zero-order chi connectivity index (χ0) is 16.0. The molecule has 4 fully saturated rings. The molecular formula is C17H26N2O2S. The van der Waals surface area contributed by atoms with Crippen LogP contribution in [-0.2, 0) is 10.0 Å². The van der Waals surface area contributed by atoms with Crippen molar-refractivity contribution >= 4 is 10.0 Å². The lowest BCUT2D eigenvalue weighted by molar-refractivity contribution is 0.000364.